The van der Waals surface area contributed by atoms with Crippen molar-refractivity contribution in [1.82, 2.24) is 14.5 Å². The third-order valence-corrected chi connectivity index (χ3v) is 5.13. The number of aromatic nitrogens is 3. The van der Waals surface area contributed by atoms with Gasteiger partial charge in [0.25, 0.3) is 0 Å². The lowest BCUT2D eigenvalue weighted by atomic mass is 10.2. The van der Waals surface area contributed by atoms with Crippen LogP contribution in [0.15, 0.2) is 53.6 Å². The van der Waals surface area contributed by atoms with Gasteiger partial charge in [0.1, 0.15) is 0 Å². The van der Waals surface area contributed by atoms with Gasteiger partial charge in [-0.2, -0.15) is 5.10 Å². The summed E-state index contributed by atoms with van der Waals surface area (Å²) in [4.78, 5) is 7.62. The van der Waals surface area contributed by atoms with Crippen LogP contribution in [0.3, 0.4) is 0 Å². The summed E-state index contributed by atoms with van der Waals surface area (Å²) < 4.78 is 2.12. The van der Waals surface area contributed by atoms with Gasteiger partial charge in [-0.3, -0.25) is 0 Å². The molecule has 0 aliphatic rings. The zero-order chi connectivity index (χ0) is 19.0. The number of anilines is 1. The molecule has 0 saturated carbocycles. The van der Waals surface area contributed by atoms with Crippen molar-refractivity contribution in [2.45, 2.75) is 13.8 Å². The Bertz CT molecular complexity index is 1120. The molecule has 2 N–H and O–H groups in total. The van der Waals surface area contributed by atoms with E-state index < -0.39 is 0 Å². The monoisotopic (exact) mass is 397 g/mol. The molecule has 2 heterocycles. The van der Waals surface area contributed by atoms with Crippen molar-refractivity contribution in [1.29, 1.82) is 0 Å². The van der Waals surface area contributed by atoms with Gasteiger partial charge >= 0.3 is 0 Å². The second-order valence-corrected chi connectivity index (χ2v) is 7.05. The van der Waals surface area contributed by atoms with Crippen LogP contribution in [0.5, 0.6) is 0 Å². The first kappa shape index (κ1) is 17.6. The topological polar surface area (TPSA) is 58.0 Å². The van der Waals surface area contributed by atoms with E-state index in [9.17, 15) is 0 Å². The molecule has 5 nitrogen and oxygen atoms in total. The van der Waals surface area contributed by atoms with Gasteiger partial charge in [-0.15, -0.1) is 0 Å². The Morgan fingerprint density at radius 2 is 1.89 bits per heavy atom. The predicted octanol–water partition coefficient (Wildman–Crippen LogP) is 5.72. The Balaban J connectivity index is 1.59. The van der Waals surface area contributed by atoms with E-state index in [2.05, 4.69) is 31.1 Å². The maximum Gasteiger partial charge on any atom is 0.222 e. The molecule has 0 bridgehead atoms. The summed E-state index contributed by atoms with van der Waals surface area (Å²) in [5, 5.41) is 5.39. The van der Waals surface area contributed by atoms with Crippen LogP contribution in [-0.2, 0) is 0 Å². The first-order valence-corrected chi connectivity index (χ1v) is 9.17. The number of aryl methyl sites for hydroxylation is 1. The van der Waals surface area contributed by atoms with E-state index in [1.165, 1.54) is 0 Å². The minimum atomic E-state index is 0.531. The Morgan fingerprint density at radius 3 is 2.67 bits per heavy atom. The number of imidazole rings is 1. The number of nitrogens with one attached hydrogen (secondary N) is 2. The third-order valence-electron chi connectivity index (χ3n) is 4.40. The molecule has 0 spiro atoms. The van der Waals surface area contributed by atoms with E-state index >= 15 is 0 Å². The Morgan fingerprint density at radius 1 is 1.07 bits per heavy atom. The highest BCUT2D eigenvalue weighted by molar-refractivity contribution is 6.42. The molecule has 2 aromatic carbocycles. The highest BCUT2D eigenvalue weighted by Gasteiger charge is 2.11. The number of para-hydroxylation sites is 2. The van der Waals surface area contributed by atoms with Crippen molar-refractivity contribution in [3.8, 4) is 5.69 Å². The fourth-order valence-corrected chi connectivity index (χ4v) is 3.40. The van der Waals surface area contributed by atoms with E-state index in [1.807, 2.05) is 50.2 Å². The van der Waals surface area contributed by atoms with Gasteiger partial charge in [0.2, 0.25) is 5.95 Å². The van der Waals surface area contributed by atoms with Crippen LogP contribution in [-0.4, -0.2) is 20.7 Å². The van der Waals surface area contributed by atoms with Crippen molar-refractivity contribution in [3.63, 3.8) is 0 Å². The first-order chi connectivity index (χ1) is 13.0. The summed E-state index contributed by atoms with van der Waals surface area (Å²) in [7, 11) is 0. The summed E-state index contributed by atoms with van der Waals surface area (Å²) in [6.07, 6.45) is 1.78. The van der Waals surface area contributed by atoms with Crippen LogP contribution in [0.2, 0.25) is 10.0 Å². The third kappa shape index (κ3) is 3.44. The quantitative estimate of drug-likeness (QED) is 0.341. The Kier molecular flexibility index (Phi) is 4.64. The number of hydrazone groups is 1. The SMILES string of the molecule is Cc1cc(/C=N/Nc2nc3ccccc3[nH]2)c(C)n1-c1ccc(Cl)c(Cl)c1. The van der Waals surface area contributed by atoms with Gasteiger partial charge in [-0.1, -0.05) is 35.3 Å². The van der Waals surface area contributed by atoms with E-state index in [1.54, 1.807) is 12.3 Å². The molecule has 136 valence electrons. The molecule has 0 radical (unpaired) electrons. The van der Waals surface area contributed by atoms with Gasteiger partial charge in [0, 0.05) is 22.6 Å². The van der Waals surface area contributed by atoms with E-state index in [4.69, 9.17) is 23.2 Å². The van der Waals surface area contributed by atoms with E-state index in [0.717, 1.165) is 33.7 Å². The number of aromatic amines is 1. The van der Waals surface area contributed by atoms with Crippen molar-refractivity contribution < 1.29 is 0 Å². The minimum absolute atomic E-state index is 0.531. The second-order valence-electron chi connectivity index (χ2n) is 6.23. The number of hydrogen-bond donors (Lipinski definition) is 2. The summed E-state index contributed by atoms with van der Waals surface area (Å²) in [5.41, 5.74) is 8.91. The molecule has 0 aliphatic carbocycles. The molecule has 4 rings (SSSR count). The van der Waals surface area contributed by atoms with Gasteiger partial charge in [0.15, 0.2) is 0 Å². The molecule has 0 saturated heterocycles. The minimum Gasteiger partial charge on any atom is -0.323 e. The fourth-order valence-electron chi connectivity index (χ4n) is 3.11. The molecule has 27 heavy (non-hydrogen) atoms. The largest absolute Gasteiger partial charge is 0.323 e. The van der Waals surface area contributed by atoms with Gasteiger partial charge in [-0.05, 0) is 50.2 Å². The zero-order valence-corrected chi connectivity index (χ0v) is 16.3. The van der Waals surface area contributed by atoms with Crippen LogP contribution < -0.4 is 5.43 Å². The average Bonchev–Trinajstić information content (AvgIpc) is 3.18. The number of rotatable bonds is 4. The number of halogens is 2. The van der Waals surface area contributed by atoms with Crippen molar-refractivity contribution in [3.05, 3.63) is 75.5 Å². The molecule has 0 amide bonds. The zero-order valence-electron chi connectivity index (χ0n) is 14.8. The van der Waals surface area contributed by atoms with E-state index in [-0.39, 0.29) is 0 Å². The van der Waals surface area contributed by atoms with Crippen molar-refractivity contribution in [2.75, 3.05) is 5.43 Å². The summed E-state index contributed by atoms with van der Waals surface area (Å²) in [6, 6.07) is 15.5. The fraction of sp³-hybridized carbons (Fsp3) is 0.100. The van der Waals surface area contributed by atoms with Crippen molar-refractivity contribution in [2.24, 2.45) is 5.10 Å². The van der Waals surface area contributed by atoms with Crippen LogP contribution in [0.4, 0.5) is 5.95 Å². The van der Waals surface area contributed by atoms with E-state index in [0.29, 0.717) is 16.0 Å². The number of benzene rings is 2. The maximum atomic E-state index is 6.17. The lowest BCUT2D eigenvalue weighted by Crippen LogP contribution is -2.00. The highest BCUT2D eigenvalue weighted by atomic mass is 35.5. The van der Waals surface area contributed by atoms with Crippen LogP contribution >= 0.6 is 23.2 Å². The molecular formula is C20H17Cl2N5. The smallest absolute Gasteiger partial charge is 0.222 e. The van der Waals surface area contributed by atoms with Crippen LogP contribution in [0, 0.1) is 13.8 Å². The molecular weight excluding hydrogens is 381 g/mol. The maximum absolute atomic E-state index is 6.17. The standard InChI is InChI=1S/C20H17Cl2N5/c1-12-9-14(13(2)27(12)15-7-8-16(21)17(22)10-15)11-23-26-20-24-18-5-3-4-6-19(18)25-20/h3-11H,1-2H3,(H2,24,25,26)/b23-11+. The predicted molar refractivity (Wildman–Crippen MR) is 113 cm³/mol. The molecule has 0 fully saturated rings. The molecule has 2 aromatic heterocycles. The number of fused-ring (bicyclic) bond motifs is 1. The Labute approximate surface area is 166 Å². The Hall–Kier alpha value is -2.76. The first-order valence-electron chi connectivity index (χ1n) is 8.41. The van der Waals surface area contributed by atoms with Gasteiger partial charge in [-0.25, -0.2) is 10.4 Å². The molecule has 4 aromatic rings. The van der Waals surface area contributed by atoms with Gasteiger partial charge in [0.05, 0.1) is 27.3 Å². The molecule has 0 aliphatic heterocycles. The van der Waals surface area contributed by atoms with Crippen LogP contribution in [0.1, 0.15) is 17.0 Å². The van der Waals surface area contributed by atoms with Gasteiger partial charge < -0.3 is 9.55 Å². The lowest BCUT2D eigenvalue weighted by Gasteiger charge is -2.10. The number of hydrogen-bond acceptors (Lipinski definition) is 3. The number of nitrogens with zero attached hydrogens (tertiary/aromatic N) is 3. The summed E-state index contributed by atoms with van der Waals surface area (Å²) in [6.45, 7) is 4.08. The van der Waals surface area contributed by atoms with Crippen LogP contribution in [0.25, 0.3) is 16.7 Å². The second kappa shape index (κ2) is 7.10. The lowest BCUT2D eigenvalue weighted by molar-refractivity contribution is 0.965. The number of H-pyrrole nitrogens is 1. The normalized spacial score (nSPS) is 11.6. The molecule has 0 unspecified atom stereocenters. The molecule has 7 heteroatoms. The highest BCUT2D eigenvalue weighted by Crippen LogP contribution is 2.27. The summed E-state index contributed by atoms with van der Waals surface area (Å²) in [5.74, 6) is 0.603. The average molecular weight is 398 g/mol. The molecule has 0 atom stereocenters. The van der Waals surface area contributed by atoms with Crippen molar-refractivity contribution >= 4 is 46.4 Å². The summed E-state index contributed by atoms with van der Waals surface area (Å²) >= 11 is 12.2.